The van der Waals surface area contributed by atoms with Crippen molar-refractivity contribution < 1.29 is 14.4 Å². The molecule has 41 heavy (non-hydrogen) atoms. The maximum atomic E-state index is 12.2. The molecule has 11 nitrogen and oxygen atoms in total. The van der Waals surface area contributed by atoms with E-state index in [1.807, 2.05) is 44.2 Å². The van der Waals surface area contributed by atoms with Gasteiger partial charge in [-0.05, 0) is 52.9 Å². The highest BCUT2D eigenvalue weighted by molar-refractivity contribution is 5.99. The van der Waals surface area contributed by atoms with Gasteiger partial charge in [0.1, 0.15) is 22.8 Å². The van der Waals surface area contributed by atoms with Crippen LogP contribution < -0.4 is 19.7 Å². The quantitative estimate of drug-likeness (QED) is 0.212. The topological polar surface area (TPSA) is 111 Å². The van der Waals surface area contributed by atoms with Crippen LogP contribution in [0.5, 0.6) is 11.5 Å². The second kappa shape index (κ2) is 9.62. The molecule has 0 atom stereocenters. The third-order valence-corrected chi connectivity index (χ3v) is 8.37. The molecule has 1 saturated carbocycles. The number of nitro benzene ring substituents is 1. The van der Waals surface area contributed by atoms with Gasteiger partial charge in [0, 0.05) is 54.6 Å². The molecular weight excluding hydrogens is 522 g/mol. The first-order valence-electron chi connectivity index (χ1n) is 13.7. The lowest BCUT2D eigenvalue weighted by atomic mass is 10.0. The summed E-state index contributed by atoms with van der Waals surface area (Å²) < 4.78 is 14.3. The molecule has 214 valence electrons. The summed E-state index contributed by atoms with van der Waals surface area (Å²) in [5, 5.41) is 16.4. The molecule has 0 bridgehead atoms. The molecule has 6 rings (SSSR count). The van der Waals surface area contributed by atoms with Gasteiger partial charge < -0.3 is 29.2 Å². The van der Waals surface area contributed by atoms with Gasteiger partial charge in [-0.3, -0.25) is 10.1 Å². The van der Waals surface area contributed by atoms with Gasteiger partial charge in [-0.15, -0.1) is 0 Å². The SMILES string of the molecule is COc1cc(N(C)CC(C)(C)N(C)C)c([N+](=O)[O-])cc1Nc1nccc(-c2cn3c4c(cccc24)OC2(CC2)C3)n1. The van der Waals surface area contributed by atoms with Gasteiger partial charge >= 0.3 is 0 Å². The van der Waals surface area contributed by atoms with Crippen LogP contribution >= 0.6 is 0 Å². The number of rotatable bonds is 9. The smallest absolute Gasteiger partial charge is 0.294 e. The van der Waals surface area contributed by atoms with Crippen LogP contribution in [0.4, 0.5) is 23.0 Å². The van der Waals surface area contributed by atoms with Crippen LogP contribution in [0.2, 0.25) is 0 Å². The number of aromatic nitrogens is 3. The van der Waals surface area contributed by atoms with E-state index in [1.165, 1.54) is 6.07 Å². The lowest BCUT2D eigenvalue weighted by Gasteiger charge is -2.37. The van der Waals surface area contributed by atoms with Gasteiger partial charge in [0.15, 0.2) is 0 Å². The van der Waals surface area contributed by atoms with Crippen molar-refractivity contribution in [2.24, 2.45) is 0 Å². The van der Waals surface area contributed by atoms with Crippen LogP contribution in [-0.2, 0) is 6.54 Å². The third-order valence-electron chi connectivity index (χ3n) is 8.37. The Hall–Kier alpha value is -4.38. The molecule has 2 aromatic carbocycles. The molecule has 2 aromatic heterocycles. The molecule has 1 aliphatic carbocycles. The number of anilines is 3. The number of methoxy groups -OCH3 is 1. The van der Waals surface area contributed by atoms with E-state index in [4.69, 9.17) is 14.5 Å². The first kappa shape index (κ1) is 26.8. The molecule has 3 heterocycles. The predicted octanol–water partition coefficient (Wildman–Crippen LogP) is 5.46. The van der Waals surface area contributed by atoms with E-state index in [0.29, 0.717) is 29.6 Å². The molecule has 1 fully saturated rings. The molecule has 11 heteroatoms. The maximum absolute atomic E-state index is 12.2. The minimum Gasteiger partial charge on any atom is -0.494 e. The molecule has 4 aromatic rings. The van der Waals surface area contributed by atoms with Crippen LogP contribution in [0.3, 0.4) is 0 Å². The normalized spacial score (nSPS) is 15.2. The van der Waals surface area contributed by atoms with E-state index in [0.717, 1.165) is 47.3 Å². The molecule has 1 N–H and O–H groups in total. The summed E-state index contributed by atoms with van der Waals surface area (Å²) in [6, 6.07) is 11.1. The predicted molar refractivity (Wildman–Crippen MR) is 160 cm³/mol. The minimum absolute atomic E-state index is 0.0375. The van der Waals surface area contributed by atoms with Crippen molar-refractivity contribution in [2.45, 2.75) is 44.4 Å². The van der Waals surface area contributed by atoms with Gasteiger partial charge in [0.25, 0.3) is 5.69 Å². The average Bonchev–Trinajstić information content (AvgIpc) is 3.56. The van der Waals surface area contributed by atoms with E-state index >= 15 is 0 Å². The van der Waals surface area contributed by atoms with Crippen LogP contribution in [0.1, 0.15) is 26.7 Å². The highest BCUT2D eigenvalue weighted by Gasteiger charge is 2.48. The number of benzene rings is 2. The Balaban J connectivity index is 1.34. The lowest BCUT2D eigenvalue weighted by molar-refractivity contribution is -0.384. The van der Waals surface area contributed by atoms with Gasteiger partial charge in [-0.1, -0.05) is 12.1 Å². The van der Waals surface area contributed by atoms with E-state index in [9.17, 15) is 10.1 Å². The Labute approximate surface area is 238 Å². The van der Waals surface area contributed by atoms with Crippen molar-refractivity contribution in [3.63, 3.8) is 0 Å². The number of likely N-dealkylation sites (N-methyl/N-ethyl adjacent to an activating group) is 2. The fourth-order valence-electron chi connectivity index (χ4n) is 5.49. The number of nitrogens with one attached hydrogen (secondary N) is 1. The second-order valence-corrected chi connectivity index (χ2v) is 11.9. The Morgan fingerprint density at radius 3 is 2.68 bits per heavy atom. The van der Waals surface area contributed by atoms with Gasteiger partial charge in [0.05, 0.1) is 35.5 Å². The molecule has 0 radical (unpaired) electrons. The second-order valence-electron chi connectivity index (χ2n) is 11.9. The third kappa shape index (κ3) is 4.80. The summed E-state index contributed by atoms with van der Waals surface area (Å²) in [6.45, 7) is 5.58. The van der Waals surface area contributed by atoms with Crippen molar-refractivity contribution in [3.8, 4) is 22.8 Å². The molecule has 2 aliphatic rings. The summed E-state index contributed by atoms with van der Waals surface area (Å²) in [5.41, 5.74) is 3.34. The van der Waals surface area contributed by atoms with Crippen molar-refractivity contribution in [1.29, 1.82) is 0 Å². The summed E-state index contributed by atoms with van der Waals surface area (Å²) in [4.78, 5) is 25.0. The van der Waals surface area contributed by atoms with Crippen molar-refractivity contribution in [1.82, 2.24) is 19.4 Å². The van der Waals surface area contributed by atoms with Crippen LogP contribution in [-0.4, -0.2) is 70.3 Å². The standard InChI is InChI=1S/C30H35N7O4/c1-29(2,34(3)4)17-35(5)23-15-26(40-6)22(14-24(23)37(38)39)33-28-31-13-10-21(32-28)20-16-36-18-30(11-12-30)41-25-9-7-8-19(20)27(25)36/h7-10,13-16H,11-12,17-18H2,1-6H3,(H,31,32,33). The molecule has 1 aliphatic heterocycles. The van der Waals surface area contributed by atoms with Crippen LogP contribution in [0.25, 0.3) is 22.2 Å². The van der Waals surface area contributed by atoms with Crippen molar-refractivity contribution in [3.05, 3.63) is 58.9 Å². The summed E-state index contributed by atoms with van der Waals surface area (Å²) in [6.07, 6.45) is 5.94. The molecule has 0 saturated heterocycles. The Bertz CT molecular complexity index is 1660. The zero-order valence-corrected chi connectivity index (χ0v) is 24.3. The van der Waals surface area contributed by atoms with E-state index in [-0.39, 0.29) is 21.8 Å². The molecular formula is C30H35N7O4. The molecule has 0 unspecified atom stereocenters. The number of para-hydroxylation sites is 1. The molecule has 1 spiro atoms. The van der Waals surface area contributed by atoms with Gasteiger partial charge in [-0.25, -0.2) is 9.97 Å². The van der Waals surface area contributed by atoms with E-state index < -0.39 is 0 Å². The fraction of sp³-hybridized carbons (Fsp3) is 0.400. The zero-order valence-electron chi connectivity index (χ0n) is 24.3. The average molecular weight is 558 g/mol. The monoisotopic (exact) mass is 557 g/mol. The van der Waals surface area contributed by atoms with Crippen LogP contribution in [0.15, 0.2) is 48.8 Å². The number of hydrogen-bond acceptors (Lipinski definition) is 9. The summed E-state index contributed by atoms with van der Waals surface area (Å²) in [5.74, 6) is 1.67. The van der Waals surface area contributed by atoms with Crippen molar-refractivity contribution >= 4 is 33.9 Å². The number of nitro groups is 1. The van der Waals surface area contributed by atoms with E-state index in [1.54, 1.807) is 19.4 Å². The summed E-state index contributed by atoms with van der Waals surface area (Å²) in [7, 11) is 7.37. The van der Waals surface area contributed by atoms with Crippen LogP contribution in [0, 0.1) is 10.1 Å². The first-order valence-corrected chi connectivity index (χ1v) is 13.7. The Morgan fingerprint density at radius 2 is 2.00 bits per heavy atom. The number of nitrogens with zero attached hydrogens (tertiary/aromatic N) is 6. The van der Waals surface area contributed by atoms with E-state index in [2.05, 4.69) is 45.9 Å². The Kier molecular flexibility index (Phi) is 6.29. The maximum Gasteiger partial charge on any atom is 0.294 e. The molecule has 0 amide bonds. The number of hydrogen-bond donors (Lipinski definition) is 1. The van der Waals surface area contributed by atoms with Crippen molar-refractivity contribution in [2.75, 3.05) is 45.0 Å². The fourth-order valence-corrected chi connectivity index (χ4v) is 5.49. The first-order chi connectivity index (χ1) is 19.5. The Morgan fingerprint density at radius 1 is 1.22 bits per heavy atom. The lowest BCUT2D eigenvalue weighted by Crippen LogP contribution is -2.47. The zero-order chi connectivity index (χ0) is 29.1. The summed E-state index contributed by atoms with van der Waals surface area (Å²) >= 11 is 0. The minimum atomic E-state index is -0.376. The number of ether oxygens (including phenoxy) is 2. The highest BCUT2D eigenvalue weighted by atomic mass is 16.6. The van der Waals surface area contributed by atoms with Gasteiger partial charge in [-0.2, -0.15) is 0 Å². The highest BCUT2D eigenvalue weighted by Crippen LogP contribution is 2.49. The van der Waals surface area contributed by atoms with Gasteiger partial charge in [0.2, 0.25) is 5.95 Å². The largest absolute Gasteiger partial charge is 0.494 e.